The zero-order valence-corrected chi connectivity index (χ0v) is 22.5. The number of nitrogen functional groups attached to an aromatic ring is 1. The van der Waals surface area contributed by atoms with Crippen molar-refractivity contribution in [2.75, 3.05) is 44.4 Å². The first-order chi connectivity index (χ1) is 17.3. The van der Waals surface area contributed by atoms with Crippen LogP contribution in [0.25, 0.3) is 10.9 Å². The second-order valence-corrected chi connectivity index (χ2v) is 9.97. The molecule has 1 amide bonds. The van der Waals surface area contributed by atoms with E-state index in [1.165, 1.54) is 12.4 Å². The number of carbonyl (C=O) groups is 1. The molecule has 190 valence electrons. The number of nitrogens with one attached hydrogen (secondary N) is 1. The first-order valence-electron chi connectivity index (χ1n) is 11.3. The normalized spacial score (nSPS) is 13.6. The average molecular weight is 604 g/mol. The summed E-state index contributed by atoms with van der Waals surface area (Å²) in [6, 6.07) is 8.10. The maximum atomic E-state index is 12.6. The number of pyridine rings is 1. The molecule has 0 radical (unpaired) electrons. The van der Waals surface area contributed by atoms with Gasteiger partial charge in [0.15, 0.2) is 6.23 Å². The highest BCUT2D eigenvalue weighted by Crippen LogP contribution is 2.26. The summed E-state index contributed by atoms with van der Waals surface area (Å²) in [5, 5.41) is 20.2. The zero-order chi connectivity index (χ0) is 25.7. The van der Waals surface area contributed by atoms with Gasteiger partial charge in [-0.3, -0.25) is 15.1 Å². The molecule has 0 bridgehead atoms. The van der Waals surface area contributed by atoms with Crippen molar-refractivity contribution in [1.82, 2.24) is 30.2 Å². The van der Waals surface area contributed by atoms with E-state index in [0.717, 1.165) is 27.8 Å². The molecule has 12 nitrogen and oxygen atoms in total. The predicted octanol–water partition coefficient (Wildman–Crippen LogP) is 1.92. The molecule has 0 fully saturated rings. The van der Waals surface area contributed by atoms with Crippen molar-refractivity contribution >= 4 is 53.6 Å². The van der Waals surface area contributed by atoms with E-state index in [2.05, 4.69) is 29.9 Å². The number of benzene rings is 1. The maximum absolute atomic E-state index is 12.6. The Labute approximate surface area is 219 Å². The largest absolute Gasteiger partial charge is 0.382 e. The van der Waals surface area contributed by atoms with Crippen molar-refractivity contribution in [2.24, 2.45) is 8.55 Å². The minimum atomic E-state index is -1.09. The first kappa shape index (κ1) is 25.8. The molecule has 1 unspecified atom stereocenters. The summed E-state index contributed by atoms with van der Waals surface area (Å²) in [6.07, 6.45) is 1.88. The molecular weight excluding hydrogens is 575 g/mol. The molecule has 3 aromatic rings. The number of rotatable bonds is 10. The van der Waals surface area contributed by atoms with Crippen molar-refractivity contribution in [2.45, 2.75) is 19.7 Å². The Kier molecular flexibility index (Phi) is 8.32. The Hall–Kier alpha value is -3.30. The number of anilines is 2. The Bertz CT molecular complexity index is 1290. The summed E-state index contributed by atoms with van der Waals surface area (Å²) in [5.41, 5.74) is 9.00. The molecule has 2 aromatic heterocycles. The van der Waals surface area contributed by atoms with E-state index in [1.54, 1.807) is 17.0 Å². The Morgan fingerprint density at radius 2 is 2.06 bits per heavy atom. The standard InChI is InChI=1S/C23H29IN10O2/c1-15-5-4-6-16-11-17(12-28-23(36)20-21(25)27-8-7-26-20)22(29-19(15)16)33(3)10-9-32(2)18(35)13-34-14-24-30-31-34/h4-8,11,14,23,28,36H,9-10,12-13H2,1-3H3,(H2,25,27). The average Bonchev–Trinajstić information content (AvgIpc) is 3.38. The van der Waals surface area contributed by atoms with Crippen LogP contribution >= 0.6 is 21.0 Å². The van der Waals surface area contributed by atoms with Crippen molar-refractivity contribution in [3.05, 3.63) is 53.5 Å². The van der Waals surface area contributed by atoms with Gasteiger partial charge < -0.3 is 20.6 Å². The van der Waals surface area contributed by atoms with Gasteiger partial charge in [0.05, 0.1) is 30.7 Å². The number of nitrogens with zero attached hydrogens (tertiary/aromatic N) is 8. The summed E-state index contributed by atoms with van der Waals surface area (Å²) in [6.45, 7) is 3.61. The fourth-order valence-corrected chi connectivity index (χ4v) is 4.79. The van der Waals surface area contributed by atoms with Crippen LogP contribution in [0.1, 0.15) is 23.0 Å². The number of nitrogens with two attached hydrogens (primary N) is 1. The van der Waals surface area contributed by atoms with Crippen LogP contribution in [0, 0.1) is 6.92 Å². The summed E-state index contributed by atoms with van der Waals surface area (Å²) in [7, 11) is 3.72. The molecule has 3 heterocycles. The lowest BCUT2D eigenvalue weighted by atomic mass is 10.1. The van der Waals surface area contributed by atoms with Crippen molar-refractivity contribution in [3.8, 4) is 0 Å². The smallest absolute Gasteiger partial charge is 0.244 e. The van der Waals surface area contributed by atoms with E-state index < -0.39 is 27.2 Å². The fourth-order valence-electron chi connectivity index (χ4n) is 3.72. The summed E-state index contributed by atoms with van der Waals surface area (Å²) in [4.78, 5) is 29.3. The van der Waals surface area contributed by atoms with Crippen LogP contribution in [-0.4, -0.2) is 73.7 Å². The number of hydrogen-bond acceptors (Lipinski definition) is 11. The lowest BCUT2D eigenvalue weighted by Crippen LogP contribution is -2.39. The van der Waals surface area contributed by atoms with E-state index >= 15 is 0 Å². The SMILES string of the molecule is Cc1cccc2cc(CNC(O)c3nccnc3N)c(N(C)CCN(C)C(=O)CN3C=IN=N3)nc12. The van der Waals surface area contributed by atoms with Crippen LogP contribution in [0.5, 0.6) is 0 Å². The number of hydrogen-bond donors (Lipinski definition) is 3. The number of carbonyl (C=O) groups excluding carboxylic acids is 1. The molecule has 1 atom stereocenters. The van der Waals surface area contributed by atoms with Gasteiger partial charge in [0, 0.05) is 57.1 Å². The van der Waals surface area contributed by atoms with Gasteiger partial charge in [0.2, 0.25) is 5.91 Å². The van der Waals surface area contributed by atoms with Gasteiger partial charge in [-0.2, -0.15) is 0 Å². The van der Waals surface area contributed by atoms with E-state index in [4.69, 9.17) is 10.7 Å². The lowest BCUT2D eigenvalue weighted by Gasteiger charge is -2.26. The molecular formula is C23H29IN10O2. The Morgan fingerprint density at radius 1 is 1.25 bits per heavy atom. The number of aliphatic hydroxyl groups is 1. The van der Waals surface area contributed by atoms with E-state index in [-0.39, 0.29) is 24.0 Å². The van der Waals surface area contributed by atoms with E-state index in [9.17, 15) is 9.90 Å². The number of likely N-dealkylation sites (N-methyl/N-ethyl adjacent to an activating group) is 2. The number of halogens is 1. The highest BCUT2D eigenvalue weighted by atomic mass is 127. The van der Waals surface area contributed by atoms with Crippen LogP contribution < -0.4 is 16.0 Å². The van der Waals surface area contributed by atoms with Crippen molar-refractivity contribution in [1.29, 1.82) is 0 Å². The molecule has 0 spiro atoms. The highest BCUT2D eigenvalue weighted by molar-refractivity contribution is 14.2. The lowest BCUT2D eigenvalue weighted by molar-refractivity contribution is -0.130. The number of aliphatic hydroxyl groups excluding tert-OH is 1. The summed E-state index contributed by atoms with van der Waals surface area (Å²) >= 11 is -0.413. The number of fused-ring (bicyclic) bond motifs is 1. The quantitative estimate of drug-likeness (QED) is 0.233. The topological polar surface area (TPSA) is 148 Å². The molecule has 1 aliphatic rings. The molecule has 1 aromatic carbocycles. The Morgan fingerprint density at radius 3 is 2.81 bits per heavy atom. The minimum absolute atomic E-state index is 0.0293. The van der Waals surface area contributed by atoms with Gasteiger partial charge in [0.25, 0.3) is 0 Å². The second-order valence-electron chi connectivity index (χ2n) is 8.42. The van der Waals surface area contributed by atoms with Gasteiger partial charge in [-0.05, 0) is 18.6 Å². The number of para-hydroxylation sites is 1. The molecule has 36 heavy (non-hydrogen) atoms. The summed E-state index contributed by atoms with van der Waals surface area (Å²) in [5.74, 6) is 0.902. The molecule has 0 saturated carbocycles. The fraction of sp³-hybridized carbons (Fsp3) is 0.348. The summed E-state index contributed by atoms with van der Waals surface area (Å²) < 4.78 is 5.86. The van der Waals surface area contributed by atoms with Gasteiger partial charge in [-0.15, -0.1) is 3.33 Å². The van der Waals surface area contributed by atoms with Crippen LogP contribution in [0.3, 0.4) is 0 Å². The van der Waals surface area contributed by atoms with Gasteiger partial charge in [0.1, 0.15) is 23.9 Å². The van der Waals surface area contributed by atoms with Crippen LogP contribution in [-0.2, 0) is 11.3 Å². The monoisotopic (exact) mass is 604 g/mol. The number of aryl methyl sites for hydroxylation is 1. The predicted molar refractivity (Wildman–Crippen MR) is 147 cm³/mol. The van der Waals surface area contributed by atoms with Gasteiger partial charge >= 0.3 is 0 Å². The molecule has 1 aliphatic heterocycles. The minimum Gasteiger partial charge on any atom is -0.382 e. The van der Waals surface area contributed by atoms with Crippen molar-refractivity contribution < 1.29 is 9.90 Å². The van der Waals surface area contributed by atoms with Gasteiger partial charge in [-0.1, -0.05) is 23.4 Å². The third kappa shape index (κ3) is 6.09. The molecule has 13 heteroatoms. The second kappa shape index (κ2) is 11.6. The third-order valence-corrected chi connectivity index (χ3v) is 7.14. The molecule has 4 N–H and O–H groups in total. The third-order valence-electron chi connectivity index (χ3n) is 5.81. The van der Waals surface area contributed by atoms with Gasteiger partial charge in [-0.25, -0.2) is 15.0 Å². The number of amides is 1. The Balaban J connectivity index is 1.50. The van der Waals surface area contributed by atoms with Crippen LogP contribution in [0.4, 0.5) is 11.6 Å². The van der Waals surface area contributed by atoms with Crippen molar-refractivity contribution in [3.63, 3.8) is 0 Å². The molecule has 0 aliphatic carbocycles. The maximum Gasteiger partial charge on any atom is 0.244 e. The zero-order valence-electron chi connectivity index (χ0n) is 20.3. The number of aromatic nitrogens is 3. The van der Waals surface area contributed by atoms with E-state index in [1.807, 2.05) is 41.2 Å². The van der Waals surface area contributed by atoms with Crippen LogP contribution in [0.2, 0.25) is 0 Å². The molecule has 4 rings (SSSR count). The van der Waals surface area contributed by atoms with E-state index in [0.29, 0.717) is 19.6 Å². The molecule has 0 saturated heterocycles. The highest BCUT2D eigenvalue weighted by Gasteiger charge is 2.18. The van der Waals surface area contributed by atoms with Crippen LogP contribution in [0.15, 0.2) is 45.2 Å². The first-order valence-corrected chi connectivity index (χ1v) is 13.5.